The highest BCUT2D eigenvalue weighted by molar-refractivity contribution is 5.81. The molecule has 3 aliphatic rings. The van der Waals surface area contributed by atoms with Crippen LogP contribution in [0.2, 0.25) is 0 Å². The van der Waals surface area contributed by atoms with Crippen molar-refractivity contribution in [3.05, 3.63) is 11.6 Å². The summed E-state index contributed by atoms with van der Waals surface area (Å²) >= 11 is 0. The van der Waals surface area contributed by atoms with E-state index in [1.54, 1.807) is 0 Å². The predicted octanol–water partition coefficient (Wildman–Crippen LogP) is 1.20. The first-order chi connectivity index (χ1) is 12.2. The monoisotopic (exact) mass is 346 g/mol. The number of hydrogen-bond donors (Lipinski definition) is 1. The Labute approximate surface area is 149 Å². The predicted molar refractivity (Wildman–Crippen MR) is 95.1 cm³/mol. The molecule has 7 nitrogen and oxygen atoms in total. The van der Waals surface area contributed by atoms with Gasteiger partial charge < -0.3 is 4.90 Å². The molecule has 0 bridgehead atoms. The minimum absolute atomic E-state index is 0.00648. The molecule has 0 aromatic carbocycles. The van der Waals surface area contributed by atoms with Crippen LogP contribution in [-0.4, -0.2) is 81.1 Å². The number of nitrogens with one attached hydrogen (secondary N) is 1. The molecule has 138 valence electrons. The molecule has 1 aromatic heterocycles. The highest BCUT2D eigenvalue weighted by Crippen LogP contribution is 2.37. The molecule has 7 heteroatoms. The maximum Gasteiger partial charge on any atom is 0.239 e. The number of carbonyl (C=O) groups is 1. The van der Waals surface area contributed by atoms with Gasteiger partial charge in [-0.15, -0.1) is 0 Å². The lowest BCUT2D eigenvalue weighted by Crippen LogP contribution is -2.54. The second-order valence-electron chi connectivity index (χ2n) is 7.79. The van der Waals surface area contributed by atoms with Gasteiger partial charge in [0, 0.05) is 45.2 Å². The summed E-state index contributed by atoms with van der Waals surface area (Å²) in [4.78, 5) is 24.1. The Kier molecular flexibility index (Phi) is 5.03. The number of aromatic nitrogens is 3. The molecular formula is C18H30N6O. The van der Waals surface area contributed by atoms with Crippen LogP contribution in [-0.2, 0) is 11.3 Å². The fourth-order valence-corrected chi connectivity index (χ4v) is 3.96. The van der Waals surface area contributed by atoms with Crippen LogP contribution in [0.5, 0.6) is 0 Å². The summed E-state index contributed by atoms with van der Waals surface area (Å²) in [6.07, 6.45) is 6.05. The van der Waals surface area contributed by atoms with Crippen molar-refractivity contribution < 1.29 is 4.79 Å². The number of carbonyl (C=O) groups excluding carboxylic acids is 1. The van der Waals surface area contributed by atoms with E-state index in [9.17, 15) is 4.79 Å². The number of amides is 1. The first-order valence-electron chi connectivity index (χ1n) is 9.87. The molecule has 3 fully saturated rings. The van der Waals surface area contributed by atoms with E-state index in [4.69, 9.17) is 0 Å². The number of likely N-dealkylation sites (tertiary alicyclic amines) is 1. The number of nitrogens with zero attached hydrogens (tertiary/aromatic N) is 5. The van der Waals surface area contributed by atoms with Gasteiger partial charge in [0.2, 0.25) is 5.91 Å². The number of aromatic amines is 1. The Balaban J connectivity index is 1.24. The van der Waals surface area contributed by atoms with Gasteiger partial charge in [-0.25, -0.2) is 4.98 Å². The summed E-state index contributed by atoms with van der Waals surface area (Å²) in [7, 11) is 0. The molecule has 25 heavy (non-hydrogen) atoms. The number of piperidine rings is 1. The van der Waals surface area contributed by atoms with E-state index in [2.05, 4.69) is 36.8 Å². The van der Waals surface area contributed by atoms with Crippen LogP contribution in [0.1, 0.15) is 56.6 Å². The molecule has 1 unspecified atom stereocenters. The second-order valence-corrected chi connectivity index (χ2v) is 7.79. The maximum atomic E-state index is 12.7. The van der Waals surface area contributed by atoms with Crippen LogP contribution in [0.15, 0.2) is 0 Å². The average Bonchev–Trinajstić information content (AvgIpc) is 3.41. The van der Waals surface area contributed by atoms with E-state index >= 15 is 0 Å². The third-order valence-electron chi connectivity index (χ3n) is 5.84. The zero-order valence-electron chi connectivity index (χ0n) is 15.3. The van der Waals surface area contributed by atoms with Crippen molar-refractivity contribution in [3.63, 3.8) is 0 Å². The van der Waals surface area contributed by atoms with Gasteiger partial charge in [0.1, 0.15) is 5.82 Å². The van der Waals surface area contributed by atoms with Crippen molar-refractivity contribution in [2.45, 2.75) is 57.5 Å². The molecule has 1 aliphatic carbocycles. The second kappa shape index (κ2) is 7.41. The third-order valence-corrected chi connectivity index (χ3v) is 5.84. The van der Waals surface area contributed by atoms with E-state index in [1.165, 1.54) is 19.3 Å². The molecule has 2 aliphatic heterocycles. The third kappa shape index (κ3) is 4.03. The van der Waals surface area contributed by atoms with Gasteiger partial charge in [-0.2, -0.15) is 5.10 Å². The summed E-state index contributed by atoms with van der Waals surface area (Å²) in [5.41, 5.74) is 0. The summed E-state index contributed by atoms with van der Waals surface area (Å²) in [6.45, 7) is 8.66. The van der Waals surface area contributed by atoms with Crippen LogP contribution in [0, 0.1) is 0 Å². The lowest BCUT2D eigenvalue weighted by Gasteiger charge is -2.39. The standard InChI is InChI=1S/C18H30N6O/c1-14(18(25)24-7-3-2-4-8-24)23-11-9-22(10-12-23)13-16-19-17(21-20-16)15-5-6-15/h14-15H,2-13H2,1H3,(H,19,20,21). The SMILES string of the molecule is CC(C(=O)N1CCCCC1)N1CCN(Cc2nc(C3CC3)n[nH]2)CC1. The molecule has 1 atom stereocenters. The highest BCUT2D eigenvalue weighted by Gasteiger charge is 2.30. The van der Waals surface area contributed by atoms with Gasteiger partial charge in [-0.3, -0.25) is 19.7 Å². The lowest BCUT2D eigenvalue weighted by molar-refractivity contribution is -0.138. The summed E-state index contributed by atoms with van der Waals surface area (Å²) in [6, 6.07) is 0.00648. The van der Waals surface area contributed by atoms with Crippen LogP contribution >= 0.6 is 0 Å². The zero-order valence-corrected chi connectivity index (χ0v) is 15.3. The Bertz CT molecular complexity index is 584. The molecule has 1 amide bonds. The zero-order chi connectivity index (χ0) is 17.2. The summed E-state index contributed by atoms with van der Waals surface area (Å²) < 4.78 is 0. The van der Waals surface area contributed by atoms with E-state index in [0.717, 1.165) is 70.3 Å². The van der Waals surface area contributed by atoms with E-state index < -0.39 is 0 Å². The van der Waals surface area contributed by atoms with E-state index in [0.29, 0.717) is 11.8 Å². The van der Waals surface area contributed by atoms with Crippen LogP contribution in [0.3, 0.4) is 0 Å². The lowest BCUT2D eigenvalue weighted by atomic mass is 10.1. The summed E-state index contributed by atoms with van der Waals surface area (Å²) in [5, 5.41) is 7.43. The van der Waals surface area contributed by atoms with E-state index in [1.807, 2.05) is 0 Å². The Hall–Kier alpha value is -1.47. The molecule has 3 heterocycles. The number of H-pyrrole nitrogens is 1. The van der Waals surface area contributed by atoms with Crippen molar-refractivity contribution >= 4 is 5.91 Å². The smallest absolute Gasteiger partial charge is 0.239 e. The van der Waals surface area contributed by atoms with Crippen molar-refractivity contribution in [3.8, 4) is 0 Å². The van der Waals surface area contributed by atoms with Crippen LogP contribution < -0.4 is 0 Å². The minimum Gasteiger partial charge on any atom is -0.341 e. The van der Waals surface area contributed by atoms with Crippen molar-refractivity contribution in [2.75, 3.05) is 39.3 Å². The van der Waals surface area contributed by atoms with Crippen LogP contribution in [0.25, 0.3) is 0 Å². The minimum atomic E-state index is 0.00648. The van der Waals surface area contributed by atoms with Crippen molar-refractivity contribution in [1.29, 1.82) is 0 Å². The fraction of sp³-hybridized carbons (Fsp3) is 0.833. The Morgan fingerprint density at radius 3 is 2.52 bits per heavy atom. The van der Waals surface area contributed by atoms with Crippen molar-refractivity contribution in [2.24, 2.45) is 0 Å². The average molecular weight is 346 g/mol. The molecule has 0 spiro atoms. The molecule has 1 saturated carbocycles. The number of rotatable bonds is 5. The number of piperazine rings is 1. The van der Waals surface area contributed by atoms with Crippen LogP contribution in [0.4, 0.5) is 0 Å². The molecule has 1 N–H and O–H groups in total. The first kappa shape index (κ1) is 17.0. The van der Waals surface area contributed by atoms with Gasteiger partial charge >= 0.3 is 0 Å². The maximum absolute atomic E-state index is 12.7. The Morgan fingerprint density at radius 2 is 1.84 bits per heavy atom. The quantitative estimate of drug-likeness (QED) is 0.868. The highest BCUT2D eigenvalue weighted by atomic mass is 16.2. The Morgan fingerprint density at radius 1 is 1.12 bits per heavy atom. The van der Waals surface area contributed by atoms with Gasteiger partial charge in [0.05, 0.1) is 12.6 Å². The normalized spacial score (nSPS) is 24.4. The van der Waals surface area contributed by atoms with E-state index in [-0.39, 0.29) is 6.04 Å². The van der Waals surface area contributed by atoms with Gasteiger partial charge in [0.15, 0.2) is 5.82 Å². The molecule has 0 radical (unpaired) electrons. The molecule has 1 aromatic rings. The molecule has 4 rings (SSSR count). The largest absolute Gasteiger partial charge is 0.341 e. The topological polar surface area (TPSA) is 68.4 Å². The van der Waals surface area contributed by atoms with Gasteiger partial charge in [-0.1, -0.05) is 0 Å². The fourth-order valence-electron chi connectivity index (χ4n) is 3.96. The van der Waals surface area contributed by atoms with Gasteiger partial charge in [-0.05, 0) is 39.0 Å². The summed E-state index contributed by atoms with van der Waals surface area (Å²) in [5.74, 6) is 2.89. The molecular weight excluding hydrogens is 316 g/mol. The van der Waals surface area contributed by atoms with Gasteiger partial charge in [0.25, 0.3) is 0 Å². The number of hydrogen-bond acceptors (Lipinski definition) is 5. The molecule has 2 saturated heterocycles. The first-order valence-corrected chi connectivity index (χ1v) is 9.87. The van der Waals surface area contributed by atoms with Crippen molar-refractivity contribution in [1.82, 2.24) is 29.9 Å².